The predicted molar refractivity (Wildman–Crippen MR) is 66.9 cm³/mol. The van der Waals surface area contributed by atoms with Crippen LogP contribution in [0.15, 0.2) is 18.2 Å². The van der Waals surface area contributed by atoms with Gasteiger partial charge in [-0.05, 0) is 24.6 Å². The van der Waals surface area contributed by atoms with Crippen LogP contribution in [0.25, 0.3) is 0 Å². The van der Waals surface area contributed by atoms with E-state index in [-0.39, 0.29) is 11.9 Å². The van der Waals surface area contributed by atoms with Gasteiger partial charge in [-0.3, -0.25) is 0 Å². The van der Waals surface area contributed by atoms with Gasteiger partial charge in [0.2, 0.25) is 0 Å². The van der Waals surface area contributed by atoms with Crippen molar-refractivity contribution in [3.05, 3.63) is 29.6 Å². The molecule has 1 saturated heterocycles. The first-order valence-corrected chi connectivity index (χ1v) is 6.00. The highest BCUT2D eigenvalue weighted by atomic mass is 19.1. The molecule has 1 aliphatic heterocycles. The Morgan fingerprint density at radius 2 is 2.06 bits per heavy atom. The fourth-order valence-corrected chi connectivity index (χ4v) is 2.07. The average Bonchev–Trinajstić information content (AvgIpc) is 2.38. The van der Waals surface area contributed by atoms with Crippen molar-refractivity contribution in [3.8, 4) is 0 Å². The molecule has 1 N–H and O–H groups in total. The number of rotatable bonds is 3. The van der Waals surface area contributed by atoms with Crippen LogP contribution in [0.3, 0.4) is 0 Å². The van der Waals surface area contributed by atoms with Crippen LogP contribution in [0.2, 0.25) is 0 Å². The average molecular weight is 238 g/mol. The largest absolute Gasteiger partial charge is 0.377 e. The topological polar surface area (TPSA) is 24.5 Å². The number of anilines is 1. The van der Waals surface area contributed by atoms with Crippen LogP contribution < -0.4 is 10.2 Å². The Hall–Kier alpha value is -1.13. The van der Waals surface area contributed by atoms with Gasteiger partial charge in [0.15, 0.2) is 0 Å². The Balaban J connectivity index is 2.18. The Morgan fingerprint density at radius 3 is 2.65 bits per heavy atom. The molecule has 1 aliphatic rings. The second-order valence-electron chi connectivity index (χ2n) is 4.33. The van der Waals surface area contributed by atoms with E-state index >= 15 is 0 Å². The number of benzene rings is 1. The lowest BCUT2D eigenvalue weighted by Crippen LogP contribution is -2.43. The van der Waals surface area contributed by atoms with Crippen molar-refractivity contribution in [2.75, 3.05) is 38.2 Å². The van der Waals surface area contributed by atoms with E-state index < -0.39 is 0 Å². The van der Waals surface area contributed by atoms with E-state index in [9.17, 15) is 4.39 Å². The first-order chi connectivity index (χ1) is 8.22. The van der Waals surface area contributed by atoms with Crippen LogP contribution in [0.1, 0.15) is 18.6 Å². The number of ether oxygens (including phenoxy) is 1. The SMILES string of the molecule is COC(C)c1ccc(N2CCNCC2)c(F)c1. The third kappa shape index (κ3) is 2.76. The molecule has 0 aromatic heterocycles. The van der Waals surface area contributed by atoms with Crippen LogP contribution in [0.4, 0.5) is 10.1 Å². The molecule has 2 rings (SSSR count). The number of halogens is 1. The van der Waals surface area contributed by atoms with E-state index in [1.807, 2.05) is 19.1 Å². The molecule has 94 valence electrons. The molecular weight excluding hydrogens is 219 g/mol. The maximum absolute atomic E-state index is 14.0. The zero-order chi connectivity index (χ0) is 12.3. The molecule has 0 spiro atoms. The zero-order valence-electron chi connectivity index (χ0n) is 10.4. The summed E-state index contributed by atoms with van der Waals surface area (Å²) in [6, 6.07) is 5.37. The minimum absolute atomic E-state index is 0.0680. The van der Waals surface area contributed by atoms with E-state index in [1.54, 1.807) is 13.2 Å². The van der Waals surface area contributed by atoms with Crippen molar-refractivity contribution in [1.82, 2.24) is 5.32 Å². The maximum Gasteiger partial charge on any atom is 0.146 e. The first-order valence-electron chi connectivity index (χ1n) is 6.00. The van der Waals surface area contributed by atoms with Crippen molar-refractivity contribution >= 4 is 5.69 Å². The standard InChI is InChI=1S/C13H19FN2O/c1-10(17-2)11-3-4-13(12(14)9-11)16-7-5-15-6-8-16/h3-4,9-10,15H,5-8H2,1-2H3. The Labute approximate surface area is 102 Å². The molecule has 0 bridgehead atoms. The minimum Gasteiger partial charge on any atom is -0.377 e. The fourth-order valence-electron chi connectivity index (χ4n) is 2.07. The first kappa shape index (κ1) is 12.3. The normalized spacial score (nSPS) is 18.2. The molecule has 3 nitrogen and oxygen atoms in total. The molecule has 1 aromatic rings. The van der Waals surface area contributed by atoms with Gasteiger partial charge < -0.3 is 15.0 Å². The number of methoxy groups -OCH3 is 1. The maximum atomic E-state index is 14.0. The van der Waals surface area contributed by atoms with Gasteiger partial charge in [-0.1, -0.05) is 6.07 Å². The summed E-state index contributed by atoms with van der Waals surface area (Å²) in [5, 5.41) is 3.26. The monoisotopic (exact) mass is 238 g/mol. The summed E-state index contributed by atoms with van der Waals surface area (Å²) < 4.78 is 19.2. The third-order valence-electron chi connectivity index (χ3n) is 3.25. The molecule has 1 heterocycles. The van der Waals surface area contributed by atoms with Gasteiger partial charge in [0.1, 0.15) is 5.82 Å². The van der Waals surface area contributed by atoms with Crippen molar-refractivity contribution < 1.29 is 9.13 Å². The second kappa shape index (κ2) is 5.47. The summed E-state index contributed by atoms with van der Waals surface area (Å²) in [4.78, 5) is 2.08. The van der Waals surface area contributed by atoms with Crippen molar-refractivity contribution in [3.63, 3.8) is 0 Å². The van der Waals surface area contributed by atoms with Gasteiger partial charge in [0.25, 0.3) is 0 Å². The highest BCUT2D eigenvalue weighted by Gasteiger charge is 2.15. The second-order valence-corrected chi connectivity index (χ2v) is 4.33. The third-order valence-corrected chi connectivity index (χ3v) is 3.25. The van der Waals surface area contributed by atoms with Crippen molar-refractivity contribution in [2.45, 2.75) is 13.0 Å². The van der Waals surface area contributed by atoms with E-state index in [4.69, 9.17) is 4.74 Å². The molecule has 17 heavy (non-hydrogen) atoms. The lowest BCUT2D eigenvalue weighted by atomic mass is 10.1. The molecule has 0 aliphatic carbocycles. The fraction of sp³-hybridized carbons (Fsp3) is 0.538. The van der Waals surface area contributed by atoms with Crippen LogP contribution in [0, 0.1) is 5.82 Å². The van der Waals surface area contributed by atoms with Crippen LogP contribution >= 0.6 is 0 Å². The summed E-state index contributed by atoms with van der Waals surface area (Å²) in [6.45, 7) is 5.46. The van der Waals surface area contributed by atoms with Gasteiger partial charge in [-0.15, -0.1) is 0 Å². The zero-order valence-corrected chi connectivity index (χ0v) is 10.4. The number of piperazine rings is 1. The van der Waals surface area contributed by atoms with E-state index in [2.05, 4.69) is 10.2 Å². The van der Waals surface area contributed by atoms with Crippen LogP contribution in [-0.2, 0) is 4.74 Å². The lowest BCUT2D eigenvalue weighted by Gasteiger charge is -2.30. The summed E-state index contributed by atoms with van der Waals surface area (Å²) >= 11 is 0. The quantitative estimate of drug-likeness (QED) is 0.871. The van der Waals surface area contributed by atoms with Gasteiger partial charge in [-0.2, -0.15) is 0 Å². The lowest BCUT2D eigenvalue weighted by molar-refractivity contribution is 0.119. The Bertz CT molecular complexity index is 378. The summed E-state index contributed by atoms with van der Waals surface area (Å²) in [5.74, 6) is -0.159. The van der Waals surface area contributed by atoms with Gasteiger partial charge >= 0.3 is 0 Å². The number of nitrogens with one attached hydrogen (secondary N) is 1. The van der Waals surface area contributed by atoms with Crippen LogP contribution in [0.5, 0.6) is 0 Å². The van der Waals surface area contributed by atoms with Crippen LogP contribution in [-0.4, -0.2) is 33.3 Å². The number of nitrogens with zero attached hydrogens (tertiary/aromatic N) is 1. The molecule has 1 unspecified atom stereocenters. The molecule has 1 fully saturated rings. The predicted octanol–water partition coefficient (Wildman–Crippen LogP) is 1.94. The van der Waals surface area contributed by atoms with Gasteiger partial charge in [0.05, 0.1) is 11.8 Å². The highest BCUT2D eigenvalue weighted by molar-refractivity contribution is 5.50. The molecular formula is C13H19FN2O. The summed E-state index contributed by atoms with van der Waals surface area (Å²) in [5.41, 5.74) is 1.57. The summed E-state index contributed by atoms with van der Waals surface area (Å²) in [6.07, 6.45) is -0.0680. The molecule has 1 aromatic carbocycles. The Kier molecular flexibility index (Phi) is 3.97. The number of hydrogen-bond acceptors (Lipinski definition) is 3. The Morgan fingerprint density at radius 1 is 1.35 bits per heavy atom. The van der Waals surface area contributed by atoms with Gasteiger partial charge in [0, 0.05) is 33.3 Å². The van der Waals surface area contributed by atoms with Crippen molar-refractivity contribution in [1.29, 1.82) is 0 Å². The van der Waals surface area contributed by atoms with E-state index in [1.165, 1.54) is 0 Å². The van der Waals surface area contributed by atoms with E-state index in [0.29, 0.717) is 5.69 Å². The van der Waals surface area contributed by atoms with E-state index in [0.717, 1.165) is 31.7 Å². The summed E-state index contributed by atoms with van der Waals surface area (Å²) in [7, 11) is 1.63. The molecule has 4 heteroatoms. The smallest absolute Gasteiger partial charge is 0.146 e. The molecule has 0 radical (unpaired) electrons. The molecule has 1 atom stereocenters. The molecule has 0 saturated carbocycles. The van der Waals surface area contributed by atoms with Crippen molar-refractivity contribution in [2.24, 2.45) is 0 Å². The van der Waals surface area contributed by atoms with Gasteiger partial charge in [-0.25, -0.2) is 4.39 Å². The number of hydrogen-bond donors (Lipinski definition) is 1. The minimum atomic E-state index is -0.159. The molecule has 0 amide bonds. The highest BCUT2D eigenvalue weighted by Crippen LogP contribution is 2.24.